The van der Waals surface area contributed by atoms with Gasteiger partial charge in [0.2, 0.25) is 0 Å². The highest BCUT2D eigenvalue weighted by Crippen LogP contribution is 2.33. The minimum absolute atomic E-state index is 0.120. The third-order valence-electron chi connectivity index (χ3n) is 4.75. The van der Waals surface area contributed by atoms with Gasteiger partial charge < -0.3 is 14.4 Å². The zero-order chi connectivity index (χ0) is 19.4. The van der Waals surface area contributed by atoms with E-state index in [9.17, 15) is 10.1 Å². The molecule has 0 aromatic heterocycles. The molecular formula is C19H22BrN3O4. The molecule has 0 atom stereocenters. The highest BCUT2D eigenvalue weighted by molar-refractivity contribution is 9.10. The van der Waals surface area contributed by atoms with Gasteiger partial charge in [0.25, 0.3) is 5.69 Å². The molecule has 3 rings (SSSR count). The molecular weight excluding hydrogens is 414 g/mol. The van der Waals surface area contributed by atoms with Crippen molar-refractivity contribution in [2.75, 3.05) is 45.3 Å². The summed E-state index contributed by atoms with van der Waals surface area (Å²) >= 11 is 3.54. The van der Waals surface area contributed by atoms with Gasteiger partial charge in [0.15, 0.2) is 0 Å². The van der Waals surface area contributed by atoms with Crippen molar-refractivity contribution in [3.63, 3.8) is 0 Å². The van der Waals surface area contributed by atoms with Crippen molar-refractivity contribution in [1.82, 2.24) is 4.90 Å². The third kappa shape index (κ3) is 4.51. The summed E-state index contributed by atoms with van der Waals surface area (Å²) in [5.41, 5.74) is 2.24. The quantitative estimate of drug-likeness (QED) is 0.508. The number of ether oxygens (including phenoxy) is 2. The van der Waals surface area contributed by atoms with Gasteiger partial charge in [-0.2, -0.15) is 0 Å². The number of halogens is 1. The Balaban J connectivity index is 1.63. The molecule has 0 unspecified atom stereocenters. The average Bonchev–Trinajstić information content (AvgIpc) is 2.69. The number of piperazine rings is 1. The minimum Gasteiger partial charge on any atom is -0.496 e. The molecule has 1 fully saturated rings. The lowest BCUT2D eigenvalue weighted by molar-refractivity contribution is -0.384. The number of non-ortho nitro benzene ring substituents is 1. The van der Waals surface area contributed by atoms with Crippen molar-refractivity contribution in [3.05, 3.63) is 56.5 Å². The van der Waals surface area contributed by atoms with E-state index in [0.717, 1.165) is 59.9 Å². The Morgan fingerprint density at radius 2 is 1.67 bits per heavy atom. The second-order valence-corrected chi connectivity index (χ2v) is 7.19. The van der Waals surface area contributed by atoms with Crippen molar-refractivity contribution >= 4 is 27.3 Å². The summed E-state index contributed by atoms with van der Waals surface area (Å²) in [6.07, 6.45) is 0. The molecule has 7 nitrogen and oxygen atoms in total. The number of hydrogen-bond acceptors (Lipinski definition) is 6. The van der Waals surface area contributed by atoms with E-state index in [1.54, 1.807) is 26.4 Å². The number of hydrogen-bond donors (Lipinski definition) is 0. The lowest BCUT2D eigenvalue weighted by atomic mass is 10.1. The summed E-state index contributed by atoms with van der Waals surface area (Å²) in [5, 5.41) is 10.8. The van der Waals surface area contributed by atoms with Gasteiger partial charge in [0, 0.05) is 62.2 Å². The molecule has 8 heteroatoms. The number of rotatable bonds is 6. The largest absolute Gasteiger partial charge is 0.496 e. The van der Waals surface area contributed by atoms with Crippen molar-refractivity contribution < 1.29 is 14.4 Å². The Morgan fingerprint density at radius 3 is 2.22 bits per heavy atom. The molecule has 2 aromatic carbocycles. The summed E-state index contributed by atoms with van der Waals surface area (Å²) in [6, 6.07) is 10.7. The van der Waals surface area contributed by atoms with Gasteiger partial charge in [-0.3, -0.25) is 15.0 Å². The van der Waals surface area contributed by atoms with Gasteiger partial charge in [0.1, 0.15) is 11.5 Å². The summed E-state index contributed by atoms with van der Waals surface area (Å²) in [5.74, 6) is 1.56. The van der Waals surface area contributed by atoms with Crippen LogP contribution in [-0.2, 0) is 6.54 Å². The summed E-state index contributed by atoms with van der Waals surface area (Å²) < 4.78 is 11.7. The Kier molecular flexibility index (Phi) is 6.18. The highest BCUT2D eigenvalue weighted by atomic mass is 79.9. The normalized spacial score (nSPS) is 14.9. The SMILES string of the molecule is COc1cc(OC)c(CN2CCN(c3ccc([N+](=O)[O-])cc3)CC2)cc1Br. The van der Waals surface area contributed by atoms with Gasteiger partial charge in [-0.25, -0.2) is 0 Å². The summed E-state index contributed by atoms with van der Waals surface area (Å²) in [4.78, 5) is 15.0. The molecule has 1 aliphatic heterocycles. The van der Waals surface area contributed by atoms with E-state index < -0.39 is 0 Å². The Morgan fingerprint density at radius 1 is 1.04 bits per heavy atom. The molecule has 0 aliphatic carbocycles. The lowest BCUT2D eigenvalue weighted by Gasteiger charge is -2.36. The van der Waals surface area contributed by atoms with E-state index in [0.29, 0.717) is 0 Å². The number of anilines is 1. The predicted molar refractivity (Wildman–Crippen MR) is 108 cm³/mol. The molecule has 0 N–H and O–H groups in total. The molecule has 144 valence electrons. The number of benzene rings is 2. The average molecular weight is 436 g/mol. The fourth-order valence-corrected chi connectivity index (χ4v) is 3.79. The van der Waals surface area contributed by atoms with Crippen LogP contribution < -0.4 is 14.4 Å². The van der Waals surface area contributed by atoms with E-state index >= 15 is 0 Å². The zero-order valence-electron chi connectivity index (χ0n) is 15.4. The van der Waals surface area contributed by atoms with Crippen molar-refractivity contribution in [2.24, 2.45) is 0 Å². The van der Waals surface area contributed by atoms with Crippen LogP contribution in [0.1, 0.15) is 5.56 Å². The molecule has 0 radical (unpaired) electrons. The van der Waals surface area contributed by atoms with E-state index in [2.05, 4.69) is 25.7 Å². The van der Waals surface area contributed by atoms with Crippen molar-refractivity contribution in [3.8, 4) is 11.5 Å². The van der Waals surface area contributed by atoms with Gasteiger partial charge in [-0.15, -0.1) is 0 Å². The standard InChI is InChI=1S/C19H22BrN3O4/c1-26-18-12-19(27-2)17(20)11-14(18)13-21-7-9-22(10-8-21)15-3-5-16(6-4-15)23(24)25/h3-6,11-12H,7-10,13H2,1-2H3. The van der Waals surface area contributed by atoms with Crippen molar-refractivity contribution in [1.29, 1.82) is 0 Å². The predicted octanol–water partition coefficient (Wildman–Crippen LogP) is 3.70. The smallest absolute Gasteiger partial charge is 0.269 e. The molecule has 0 spiro atoms. The second-order valence-electron chi connectivity index (χ2n) is 6.34. The third-order valence-corrected chi connectivity index (χ3v) is 5.37. The van der Waals surface area contributed by atoms with Crippen LogP contribution >= 0.6 is 15.9 Å². The van der Waals surface area contributed by atoms with E-state index in [1.807, 2.05) is 24.3 Å². The lowest BCUT2D eigenvalue weighted by Crippen LogP contribution is -2.46. The molecule has 0 amide bonds. The molecule has 0 saturated carbocycles. The maximum absolute atomic E-state index is 10.8. The Hall–Kier alpha value is -2.32. The summed E-state index contributed by atoms with van der Waals surface area (Å²) in [7, 11) is 3.30. The van der Waals surface area contributed by atoms with E-state index in [-0.39, 0.29) is 10.6 Å². The first-order chi connectivity index (χ1) is 13.0. The van der Waals surface area contributed by atoms with Gasteiger partial charge in [-0.05, 0) is 34.1 Å². The highest BCUT2D eigenvalue weighted by Gasteiger charge is 2.20. The number of nitro groups is 1. The zero-order valence-corrected chi connectivity index (χ0v) is 16.9. The van der Waals surface area contributed by atoms with Gasteiger partial charge >= 0.3 is 0 Å². The maximum Gasteiger partial charge on any atom is 0.269 e. The Bertz CT molecular complexity index is 805. The van der Waals surface area contributed by atoms with E-state index in [4.69, 9.17) is 9.47 Å². The molecule has 1 aliphatic rings. The van der Waals surface area contributed by atoms with Crippen molar-refractivity contribution in [2.45, 2.75) is 6.54 Å². The number of methoxy groups -OCH3 is 2. The van der Waals surface area contributed by atoms with Crippen LogP contribution in [0.5, 0.6) is 11.5 Å². The monoisotopic (exact) mass is 435 g/mol. The first-order valence-electron chi connectivity index (χ1n) is 8.64. The van der Waals surface area contributed by atoms with Crippen LogP contribution in [0, 0.1) is 10.1 Å². The van der Waals surface area contributed by atoms with Crippen LogP contribution in [0.3, 0.4) is 0 Å². The van der Waals surface area contributed by atoms with Gasteiger partial charge in [0.05, 0.1) is 23.6 Å². The van der Waals surface area contributed by atoms with Crippen LogP contribution in [-0.4, -0.2) is 50.2 Å². The van der Waals surface area contributed by atoms with Gasteiger partial charge in [-0.1, -0.05) is 0 Å². The topological polar surface area (TPSA) is 68.1 Å². The maximum atomic E-state index is 10.8. The molecule has 1 heterocycles. The molecule has 1 saturated heterocycles. The summed E-state index contributed by atoms with van der Waals surface area (Å²) in [6.45, 7) is 4.35. The molecule has 2 aromatic rings. The molecule has 0 bridgehead atoms. The van der Waals surface area contributed by atoms with Crippen LogP contribution in [0.15, 0.2) is 40.9 Å². The Labute approximate surface area is 166 Å². The van der Waals surface area contributed by atoms with Crippen LogP contribution in [0.25, 0.3) is 0 Å². The minimum atomic E-state index is -0.373. The van der Waals surface area contributed by atoms with Crippen LogP contribution in [0.2, 0.25) is 0 Å². The first-order valence-corrected chi connectivity index (χ1v) is 9.43. The van der Waals surface area contributed by atoms with E-state index in [1.165, 1.54) is 0 Å². The first kappa shape index (κ1) is 19.4. The number of nitrogens with zero attached hydrogens (tertiary/aromatic N) is 3. The van der Waals surface area contributed by atoms with Crippen LogP contribution in [0.4, 0.5) is 11.4 Å². The fourth-order valence-electron chi connectivity index (χ4n) is 3.24. The second kappa shape index (κ2) is 8.58. The number of nitro benzene ring substituents is 1. The molecule has 27 heavy (non-hydrogen) atoms. The fraction of sp³-hybridized carbons (Fsp3) is 0.368.